The summed E-state index contributed by atoms with van der Waals surface area (Å²) in [5.74, 6) is 1.07. The van der Waals surface area contributed by atoms with Gasteiger partial charge in [0, 0.05) is 25.0 Å². The lowest BCUT2D eigenvalue weighted by atomic mass is 9.94. The van der Waals surface area contributed by atoms with Crippen LogP contribution in [0, 0.1) is 0 Å². The average Bonchev–Trinajstić information content (AvgIpc) is 3.01. The van der Waals surface area contributed by atoms with Crippen molar-refractivity contribution in [2.24, 2.45) is 0 Å². The molecule has 1 N–H and O–H groups in total. The lowest BCUT2D eigenvalue weighted by molar-refractivity contribution is 0.137. The van der Waals surface area contributed by atoms with Gasteiger partial charge in [0.15, 0.2) is 0 Å². The Morgan fingerprint density at radius 3 is 2.73 bits per heavy atom. The third kappa shape index (κ3) is 3.76. The first kappa shape index (κ1) is 15.3. The topological polar surface area (TPSA) is 35.2 Å². The van der Waals surface area contributed by atoms with Gasteiger partial charge in [0.05, 0.1) is 6.54 Å². The maximum absolute atomic E-state index is 4.38. The number of nitrogens with zero attached hydrogens (tertiary/aromatic N) is 3. The normalized spacial score (nSPS) is 19.7. The van der Waals surface area contributed by atoms with Gasteiger partial charge in [0.2, 0.25) is 0 Å². The molecule has 0 radical (unpaired) electrons. The fraction of sp³-hybridized carbons (Fsp3) is 0.500. The van der Waals surface area contributed by atoms with Crippen LogP contribution in [0.1, 0.15) is 42.3 Å². The monoisotopic (exact) mass is 298 g/mol. The smallest absolute Gasteiger partial charge is 0.120 e. The molecule has 1 fully saturated rings. The number of aromatic amines is 1. The molecular weight excluding hydrogens is 272 g/mol. The quantitative estimate of drug-likeness (QED) is 0.920. The molecule has 0 spiro atoms. The third-order valence-corrected chi connectivity index (χ3v) is 4.38. The van der Waals surface area contributed by atoms with Crippen molar-refractivity contribution in [3.63, 3.8) is 0 Å². The molecule has 1 aliphatic rings. The van der Waals surface area contributed by atoms with Crippen LogP contribution in [0.25, 0.3) is 0 Å². The Morgan fingerprint density at radius 2 is 2.05 bits per heavy atom. The number of imidazole rings is 1. The molecule has 1 aromatic heterocycles. The summed E-state index contributed by atoms with van der Waals surface area (Å²) in [5, 5.41) is 0. The Morgan fingerprint density at radius 1 is 1.23 bits per heavy atom. The van der Waals surface area contributed by atoms with E-state index < -0.39 is 0 Å². The number of rotatable bonds is 5. The summed E-state index contributed by atoms with van der Waals surface area (Å²) in [6.45, 7) is 3.07. The third-order valence-electron chi connectivity index (χ3n) is 4.38. The SMILES string of the molecule is CN(C)Cc1ccc(C2CCCCN2Cc2ncc[nH]2)cc1. The lowest BCUT2D eigenvalue weighted by Gasteiger charge is -2.35. The number of hydrogen-bond acceptors (Lipinski definition) is 3. The molecule has 4 nitrogen and oxygen atoms in total. The predicted octanol–water partition coefficient (Wildman–Crippen LogP) is 3.20. The van der Waals surface area contributed by atoms with E-state index in [1.807, 2.05) is 12.4 Å². The van der Waals surface area contributed by atoms with Gasteiger partial charge in [-0.1, -0.05) is 30.7 Å². The summed E-state index contributed by atoms with van der Waals surface area (Å²) < 4.78 is 0. The van der Waals surface area contributed by atoms with Gasteiger partial charge in [0.25, 0.3) is 0 Å². The molecule has 0 bridgehead atoms. The molecule has 0 aliphatic carbocycles. The highest BCUT2D eigenvalue weighted by atomic mass is 15.2. The minimum Gasteiger partial charge on any atom is -0.348 e. The number of nitrogens with one attached hydrogen (secondary N) is 1. The molecule has 2 aromatic rings. The Hall–Kier alpha value is -1.65. The van der Waals surface area contributed by atoms with E-state index in [-0.39, 0.29) is 0 Å². The molecule has 1 saturated heterocycles. The van der Waals surface area contributed by atoms with Gasteiger partial charge in [0.1, 0.15) is 5.82 Å². The van der Waals surface area contributed by atoms with Crippen LogP contribution >= 0.6 is 0 Å². The number of piperidine rings is 1. The van der Waals surface area contributed by atoms with E-state index in [4.69, 9.17) is 0 Å². The van der Waals surface area contributed by atoms with Gasteiger partial charge in [-0.05, 0) is 44.6 Å². The number of aromatic nitrogens is 2. The maximum atomic E-state index is 4.38. The van der Waals surface area contributed by atoms with Crippen molar-refractivity contribution in [2.45, 2.75) is 38.4 Å². The van der Waals surface area contributed by atoms with Gasteiger partial charge in [-0.25, -0.2) is 4.98 Å². The molecular formula is C18H26N4. The predicted molar refractivity (Wildman–Crippen MR) is 89.4 cm³/mol. The van der Waals surface area contributed by atoms with Crippen molar-refractivity contribution in [2.75, 3.05) is 20.6 Å². The van der Waals surface area contributed by atoms with Gasteiger partial charge in [-0.2, -0.15) is 0 Å². The van der Waals surface area contributed by atoms with Crippen LogP contribution in [0.2, 0.25) is 0 Å². The standard InChI is InChI=1S/C18H26N4/c1-21(2)13-15-6-8-16(9-7-15)17-5-3-4-12-22(17)14-18-19-10-11-20-18/h6-11,17H,3-5,12-14H2,1-2H3,(H,19,20). The Kier molecular flexibility index (Phi) is 4.90. The summed E-state index contributed by atoms with van der Waals surface area (Å²) >= 11 is 0. The fourth-order valence-electron chi connectivity index (χ4n) is 3.34. The zero-order chi connectivity index (χ0) is 15.4. The molecule has 0 saturated carbocycles. The molecule has 0 amide bonds. The summed E-state index contributed by atoms with van der Waals surface area (Å²) in [7, 11) is 4.22. The van der Waals surface area contributed by atoms with E-state index >= 15 is 0 Å². The molecule has 2 heterocycles. The molecule has 1 unspecified atom stereocenters. The Bertz CT molecular complexity index is 559. The second kappa shape index (κ2) is 7.07. The minimum atomic E-state index is 0.521. The number of likely N-dealkylation sites (tertiary alicyclic amines) is 1. The lowest BCUT2D eigenvalue weighted by Crippen LogP contribution is -2.33. The fourth-order valence-corrected chi connectivity index (χ4v) is 3.34. The van der Waals surface area contributed by atoms with Gasteiger partial charge >= 0.3 is 0 Å². The number of hydrogen-bond donors (Lipinski definition) is 1. The summed E-state index contributed by atoms with van der Waals surface area (Å²) in [6.07, 6.45) is 7.59. The van der Waals surface area contributed by atoms with E-state index in [0.29, 0.717) is 6.04 Å². The van der Waals surface area contributed by atoms with Gasteiger partial charge in [-0.15, -0.1) is 0 Å². The van der Waals surface area contributed by atoms with Crippen LogP contribution in [0.4, 0.5) is 0 Å². The first-order valence-electron chi connectivity index (χ1n) is 8.18. The second-order valence-corrected chi connectivity index (χ2v) is 6.50. The number of benzene rings is 1. The largest absolute Gasteiger partial charge is 0.348 e. The van der Waals surface area contributed by atoms with E-state index in [1.165, 1.54) is 30.4 Å². The van der Waals surface area contributed by atoms with E-state index in [9.17, 15) is 0 Å². The molecule has 4 heteroatoms. The van der Waals surface area contributed by atoms with Crippen LogP contribution in [0.5, 0.6) is 0 Å². The van der Waals surface area contributed by atoms with E-state index in [0.717, 1.165) is 25.5 Å². The van der Waals surface area contributed by atoms with Crippen LogP contribution in [-0.2, 0) is 13.1 Å². The van der Waals surface area contributed by atoms with Crippen molar-refractivity contribution in [3.8, 4) is 0 Å². The summed E-state index contributed by atoms with van der Waals surface area (Å²) in [6, 6.07) is 9.69. The second-order valence-electron chi connectivity index (χ2n) is 6.50. The molecule has 118 valence electrons. The minimum absolute atomic E-state index is 0.521. The summed E-state index contributed by atoms with van der Waals surface area (Å²) in [5.41, 5.74) is 2.82. The van der Waals surface area contributed by atoms with E-state index in [2.05, 4.69) is 58.1 Å². The zero-order valence-electron chi connectivity index (χ0n) is 13.6. The molecule has 1 aromatic carbocycles. The van der Waals surface area contributed by atoms with Gasteiger partial charge in [-0.3, -0.25) is 4.90 Å². The molecule has 3 rings (SSSR count). The molecule has 1 aliphatic heterocycles. The first-order valence-corrected chi connectivity index (χ1v) is 8.18. The van der Waals surface area contributed by atoms with Crippen molar-refractivity contribution in [1.29, 1.82) is 0 Å². The Labute approximate surface area is 133 Å². The van der Waals surface area contributed by atoms with Crippen molar-refractivity contribution < 1.29 is 0 Å². The summed E-state index contributed by atoms with van der Waals surface area (Å²) in [4.78, 5) is 12.4. The molecule has 22 heavy (non-hydrogen) atoms. The van der Waals surface area contributed by atoms with E-state index in [1.54, 1.807) is 0 Å². The average molecular weight is 298 g/mol. The van der Waals surface area contributed by atoms with Crippen LogP contribution in [0.3, 0.4) is 0 Å². The highest BCUT2D eigenvalue weighted by molar-refractivity contribution is 5.25. The van der Waals surface area contributed by atoms with Crippen molar-refractivity contribution >= 4 is 0 Å². The van der Waals surface area contributed by atoms with Crippen LogP contribution < -0.4 is 0 Å². The molecule has 1 atom stereocenters. The van der Waals surface area contributed by atoms with Crippen LogP contribution in [0.15, 0.2) is 36.7 Å². The number of H-pyrrole nitrogens is 1. The Balaban J connectivity index is 1.72. The zero-order valence-corrected chi connectivity index (χ0v) is 13.6. The van der Waals surface area contributed by atoms with Crippen molar-refractivity contribution in [1.82, 2.24) is 19.8 Å². The van der Waals surface area contributed by atoms with Crippen LogP contribution in [-0.4, -0.2) is 40.4 Å². The first-order chi connectivity index (χ1) is 10.7. The van der Waals surface area contributed by atoms with Crippen molar-refractivity contribution in [3.05, 3.63) is 53.6 Å². The highest BCUT2D eigenvalue weighted by Gasteiger charge is 2.24. The highest BCUT2D eigenvalue weighted by Crippen LogP contribution is 2.31. The maximum Gasteiger partial charge on any atom is 0.120 e. The van der Waals surface area contributed by atoms with Gasteiger partial charge < -0.3 is 9.88 Å².